The second-order valence-corrected chi connectivity index (χ2v) is 8.34. The first-order chi connectivity index (χ1) is 14.0. The molecule has 0 spiro atoms. The van der Waals surface area contributed by atoms with Gasteiger partial charge in [-0.2, -0.15) is 0 Å². The molecule has 0 amide bonds. The van der Waals surface area contributed by atoms with Crippen molar-refractivity contribution in [2.75, 3.05) is 0 Å². The number of halogens is 1. The fourth-order valence-corrected chi connectivity index (χ4v) is 4.85. The van der Waals surface area contributed by atoms with E-state index in [4.69, 9.17) is 4.74 Å². The number of rotatable bonds is 3. The van der Waals surface area contributed by atoms with Gasteiger partial charge in [-0.25, -0.2) is 9.18 Å². The molecule has 1 aromatic rings. The molecule has 0 unspecified atom stereocenters. The van der Waals surface area contributed by atoms with E-state index in [1.54, 1.807) is 12.1 Å². The fourth-order valence-electron chi connectivity index (χ4n) is 4.85. The second-order valence-electron chi connectivity index (χ2n) is 8.34. The molecule has 29 heavy (non-hydrogen) atoms. The van der Waals surface area contributed by atoms with E-state index in [1.165, 1.54) is 25.0 Å². The number of hydrogen-bond acceptors (Lipinski definition) is 4. The summed E-state index contributed by atoms with van der Waals surface area (Å²) >= 11 is 0. The highest BCUT2D eigenvalue weighted by molar-refractivity contribution is 6.03. The monoisotopic (exact) mass is 397 g/mol. The molecule has 154 valence electrons. The van der Waals surface area contributed by atoms with Crippen LogP contribution in [0.1, 0.15) is 76.2 Å². The van der Waals surface area contributed by atoms with Crippen LogP contribution in [0.4, 0.5) is 4.39 Å². The smallest absolute Gasteiger partial charge is 0.337 e. The molecule has 0 aromatic heterocycles. The van der Waals surface area contributed by atoms with Gasteiger partial charge >= 0.3 is 5.97 Å². The van der Waals surface area contributed by atoms with E-state index in [9.17, 15) is 14.0 Å². The minimum absolute atomic E-state index is 0.0280. The third-order valence-electron chi connectivity index (χ3n) is 6.25. The Labute approximate surface area is 171 Å². The number of ether oxygens (including phenoxy) is 1. The van der Waals surface area contributed by atoms with Crippen molar-refractivity contribution in [3.63, 3.8) is 0 Å². The molecule has 1 aliphatic heterocycles. The number of ketones is 1. The number of hydrogen-bond donors (Lipinski definition) is 1. The van der Waals surface area contributed by atoms with E-state index >= 15 is 0 Å². The summed E-state index contributed by atoms with van der Waals surface area (Å²) in [5, 5.41) is 3.29. The normalized spacial score (nSPS) is 23.4. The van der Waals surface area contributed by atoms with Crippen LogP contribution in [-0.4, -0.2) is 17.9 Å². The van der Waals surface area contributed by atoms with Crippen LogP contribution in [0.5, 0.6) is 0 Å². The van der Waals surface area contributed by atoms with Crippen LogP contribution in [0.25, 0.3) is 0 Å². The van der Waals surface area contributed by atoms with Crippen LogP contribution >= 0.6 is 0 Å². The van der Waals surface area contributed by atoms with Crippen molar-refractivity contribution >= 4 is 11.8 Å². The zero-order valence-corrected chi connectivity index (χ0v) is 16.9. The molecule has 4 nitrogen and oxygen atoms in total. The molecule has 2 aliphatic carbocycles. The summed E-state index contributed by atoms with van der Waals surface area (Å²) in [5.74, 6) is -1.31. The third kappa shape index (κ3) is 4.14. The lowest BCUT2D eigenvalue weighted by Gasteiger charge is -2.34. The molecule has 1 heterocycles. The standard InChI is InChI=1S/C24H28FNO3/c1-15-21(24(28)29-18-10-4-2-3-5-11-18)22(16-8-6-9-17(25)14-16)23-19(26-15)12-7-13-20(23)27/h6,8-9,14,18,22,26H,2-5,7,10-13H2,1H3/t22-/m1/s1. The van der Waals surface area contributed by atoms with Gasteiger partial charge in [0, 0.05) is 29.3 Å². The van der Waals surface area contributed by atoms with Crippen molar-refractivity contribution in [3.8, 4) is 0 Å². The highest BCUT2D eigenvalue weighted by Crippen LogP contribution is 2.42. The summed E-state index contributed by atoms with van der Waals surface area (Å²) in [6.45, 7) is 1.85. The molecule has 4 rings (SSSR count). The average molecular weight is 397 g/mol. The molecule has 1 fully saturated rings. The minimum Gasteiger partial charge on any atom is -0.459 e. The highest BCUT2D eigenvalue weighted by Gasteiger charge is 2.39. The Balaban J connectivity index is 1.71. The summed E-state index contributed by atoms with van der Waals surface area (Å²) in [6, 6.07) is 6.22. The highest BCUT2D eigenvalue weighted by atomic mass is 19.1. The van der Waals surface area contributed by atoms with Gasteiger partial charge in [-0.1, -0.05) is 25.0 Å². The molecule has 0 saturated heterocycles. The summed E-state index contributed by atoms with van der Waals surface area (Å²) < 4.78 is 20.0. The van der Waals surface area contributed by atoms with Crippen LogP contribution in [-0.2, 0) is 14.3 Å². The maximum absolute atomic E-state index is 14.0. The quantitative estimate of drug-likeness (QED) is 0.572. The molecular weight excluding hydrogens is 369 g/mol. The molecule has 5 heteroatoms. The van der Waals surface area contributed by atoms with Crippen molar-refractivity contribution in [3.05, 3.63) is 58.2 Å². The molecule has 1 atom stereocenters. The SMILES string of the molecule is CC1=C(C(=O)OC2CCCCCC2)[C@@H](c2cccc(F)c2)C2=C(CCCC2=O)N1. The van der Waals surface area contributed by atoms with Crippen molar-refractivity contribution in [1.82, 2.24) is 5.32 Å². The lowest BCUT2D eigenvalue weighted by atomic mass is 9.75. The van der Waals surface area contributed by atoms with Gasteiger partial charge in [0.25, 0.3) is 0 Å². The van der Waals surface area contributed by atoms with Gasteiger partial charge in [0.1, 0.15) is 11.9 Å². The van der Waals surface area contributed by atoms with E-state index in [0.29, 0.717) is 28.8 Å². The predicted octanol–water partition coefficient (Wildman–Crippen LogP) is 5.06. The molecule has 3 aliphatic rings. The van der Waals surface area contributed by atoms with Gasteiger partial charge in [0.15, 0.2) is 5.78 Å². The zero-order valence-electron chi connectivity index (χ0n) is 16.9. The number of benzene rings is 1. The third-order valence-corrected chi connectivity index (χ3v) is 6.25. The van der Waals surface area contributed by atoms with E-state index in [1.807, 2.05) is 6.92 Å². The number of dihydropyridines is 1. The van der Waals surface area contributed by atoms with E-state index in [0.717, 1.165) is 44.2 Å². The Bertz CT molecular complexity index is 878. The van der Waals surface area contributed by atoms with E-state index < -0.39 is 5.92 Å². The van der Waals surface area contributed by atoms with Crippen LogP contribution in [0, 0.1) is 5.82 Å². The summed E-state index contributed by atoms with van der Waals surface area (Å²) in [7, 11) is 0. The summed E-state index contributed by atoms with van der Waals surface area (Å²) in [4.78, 5) is 26.1. The second kappa shape index (κ2) is 8.52. The van der Waals surface area contributed by atoms with Crippen LogP contribution in [0.3, 0.4) is 0 Å². The lowest BCUT2D eigenvalue weighted by molar-refractivity contribution is -0.145. The van der Waals surface area contributed by atoms with Crippen molar-refractivity contribution < 1.29 is 18.7 Å². The van der Waals surface area contributed by atoms with Crippen molar-refractivity contribution in [2.24, 2.45) is 0 Å². The maximum Gasteiger partial charge on any atom is 0.337 e. The number of allylic oxidation sites excluding steroid dienone is 3. The van der Waals surface area contributed by atoms with Gasteiger partial charge in [-0.05, 0) is 63.1 Å². The number of Topliss-reactive ketones (excluding diaryl/α,β-unsaturated/α-hetero) is 1. The van der Waals surface area contributed by atoms with Crippen LogP contribution in [0.2, 0.25) is 0 Å². The zero-order chi connectivity index (χ0) is 20.4. The average Bonchev–Trinajstić information content (AvgIpc) is 2.95. The van der Waals surface area contributed by atoms with Crippen LogP contribution < -0.4 is 5.32 Å². The van der Waals surface area contributed by atoms with Crippen molar-refractivity contribution in [2.45, 2.75) is 76.7 Å². The predicted molar refractivity (Wildman–Crippen MR) is 108 cm³/mol. The molecule has 0 bridgehead atoms. The number of carbonyl (C=O) groups is 2. The van der Waals surface area contributed by atoms with E-state index in [-0.39, 0.29) is 23.7 Å². The molecule has 1 saturated carbocycles. The van der Waals surface area contributed by atoms with Crippen molar-refractivity contribution in [1.29, 1.82) is 0 Å². The molecule has 1 aromatic carbocycles. The van der Waals surface area contributed by atoms with Crippen LogP contribution in [0.15, 0.2) is 46.8 Å². The largest absolute Gasteiger partial charge is 0.459 e. The van der Waals surface area contributed by atoms with Gasteiger partial charge < -0.3 is 10.1 Å². The number of nitrogens with one attached hydrogen (secondary N) is 1. The first kappa shape index (κ1) is 19.9. The Morgan fingerprint density at radius 2 is 1.86 bits per heavy atom. The topological polar surface area (TPSA) is 55.4 Å². The number of esters is 1. The molecular formula is C24H28FNO3. The molecule has 1 N–H and O–H groups in total. The van der Waals surface area contributed by atoms with Gasteiger partial charge in [-0.15, -0.1) is 0 Å². The Hall–Kier alpha value is -2.43. The minimum atomic E-state index is -0.576. The summed E-state index contributed by atoms with van der Waals surface area (Å²) in [5.41, 5.74) is 3.22. The van der Waals surface area contributed by atoms with E-state index in [2.05, 4.69) is 5.32 Å². The van der Waals surface area contributed by atoms with Gasteiger partial charge in [-0.3, -0.25) is 4.79 Å². The fraction of sp³-hybridized carbons (Fsp3) is 0.500. The first-order valence-electron chi connectivity index (χ1n) is 10.7. The first-order valence-corrected chi connectivity index (χ1v) is 10.7. The maximum atomic E-state index is 14.0. The Kier molecular flexibility index (Phi) is 5.84. The summed E-state index contributed by atoms with van der Waals surface area (Å²) in [6.07, 6.45) is 8.15. The van der Waals surface area contributed by atoms with Gasteiger partial charge in [0.05, 0.1) is 5.57 Å². The molecule has 0 radical (unpaired) electrons. The Morgan fingerprint density at radius 3 is 2.59 bits per heavy atom. The van der Waals surface area contributed by atoms with Gasteiger partial charge in [0.2, 0.25) is 0 Å². The lowest BCUT2D eigenvalue weighted by Crippen LogP contribution is -2.35. The Morgan fingerprint density at radius 1 is 1.10 bits per heavy atom. The number of carbonyl (C=O) groups excluding carboxylic acids is 2.